The maximum absolute atomic E-state index is 11.7. The molecular formula is C12H10N2O2. The Morgan fingerprint density at radius 2 is 2.00 bits per heavy atom. The quantitative estimate of drug-likeness (QED) is 0.766. The highest BCUT2D eigenvalue weighted by atomic mass is 16.2. The molecule has 1 aromatic rings. The predicted octanol–water partition coefficient (Wildman–Crippen LogP) is 1.30. The van der Waals surface area contributed by atoms with Crippen LogP contribution in [0.5, 0.6) is 0 Å². The van der Waals surface area contributed by atoms with Gasteiger partial charge < -0.3 is 5.32 Å². The van der Waals surface area contributed by atoms with E-state index in [-0.39, 0.29) is 18.1 Å². The van der Waals surface area contributed by atoms with E-state index >= 15 is 0 Å². The van der Waals surface area contributed by atoms with Crippen LogP contribution in [0.3, 0.4) is 0 Å². The fourth-order valence-corrected chi connectivity index (χ4v) is 1.35. The van der Waals surface area contributed by atoms with Crippen molar-refractivity contribution in [2.24, 2.45) is 4.99 Å². The molecule has 0 aromatic heterocycles. The zero-order valence-electron chi connectivity index (χ0n) is 8.51. The maximum Gasteiger partial charge on any atom is 0.256 e. The molecule has 2 rings (SSSR count). The maximum atomic E-state index is 11.7. The molecule has 4 heteroatoms. The van der Waals surface area contributed by atoms with E-state index in [9.17, 15) is 9.59 Å². The molecule has 0 unspecified atom stereocenters. The zero-order valence-corrected chi connectivity index (χ0v) is 8.51. The second-order valence-electron chi connectivity index (χ2n) is 3.35. The minimum Gasteiger partial charge on any atom is -0.310 e. The van der Waals surface area contributed by atoms with Crippen LogP contribution in [-0.4, -0.2) is 17.5 Å². The highest BCUT2D eigenvalue weighted by Crippen LogP contribution is 2.01. The number of aliphatic imine (C=N–C) groups is 1. The molecule has 1 N–H and O–H groups in total. The molecule has 0 aliphatic carbocycles. The molecule has 0 radical (unpaired) electrons. The number of allylic oxidation sites excluding steroid dienone is 1. The van der Waals surface area contributed by atoms with Gasteiger partial charge in [-0.15, -0.1) is 0 Å². The first-order valence-corrected chi connectivity index (χ1v) is 4.88. The van der Waals surface area contributed by atoms with E-state index in [0.717, 1.165) is 0 Å². The number of amides is 1. The molecule has 1 aliphatic rings. The summed E-state index contributed by atoms with van der Waals surface area (Å²) in [5.41, 5.74) is 0.548. The fraction of sp³-hybridized carbons (Fsp3) is 0.0833. The summed E-state index contributed by atoms with van der Waals surface area (Å²) in [5, 5.41) is 2.60. The van der Waals surface area contributed by atoms with Crippen molar-refractivity contribution in [2.75, 3.05) is 0 Å². The number of amidine groups is 1. The Morgan fingerprint density at radius 1 is 1.25 bits per heavy atom. The number of nitrogens with zero attached hydrogens (tertiary/aromatic N) is 1. The average Bonchev–Trinajstić information content (AvgIpc) is 2.30. The molecule has 4 nitrogen and oxygen atoms in total. The number of benzene rings is 1. The smallest absolute Gasteiger partial charge is 0.256 e. The van der Waals surface area contributed by atoms with Crippen molar-refractivity contribution < 1.29 is 9.59 Å². The molecule has 1 heterocycles. The summed E-state index contributed by atoms with van der Waals surface area (Å²) in [4.78, 5) is 26.7. The summed E-state index contributed by atoms with van der Waals surface area (Å²) in [6.07, 6.45) is 2.93. The molecule has 0 bridgehead atoms. The van der Waals surface area contributed by atoms with E-state index in [0.29, 0.717) is 11.4 Å². The van der Waals surface area contributed by atoms with Gasteiger partial charge in [-0.1, -0.05) is 18.2 Å². The third-order valence-electron chi connectivity index (χ3n) is 2.13. The van der Waals surface area contributed by atoms with Crippen LogP contribution in [0.4, 0.5) is 0 Å². The minimum absolute atomic E-state index is 0.0571. The van der Waals surface area contributed by atoms with Gasteiger partial charge in [-0.3, -0.25) is 9.59 Å². The van der Waals surface area contributed by atoms with Crippen LogP contribution in [0.15, 0.2) is 47.6 Å². The van der Waals surface area contributed by atoms with Crippen molar-refractivity contribution in [3.63, 3.8) is 0 Å². The Balaban J connectivity index is 2.06. The van der Waals surface area contributed by atoms with Crippen molar-refractivity contribution in [3.05, 3.63) is 48.2 Å². The van der Waals surface area contributed by atoms with Crippen molar-refractivity contribution in [1.29, 1.82) is 0 Å². The summed E-state index contributed by atoms with van der Waals surface area (Å²) >= 11 is 0. The highest BCUT2D eigenvalue weighted by Gasteiger charge is 2.12. The molecule has 0 spiro atoms. The summed E-state index contributed by atoms with van der Waals surface area (Å²) in [6, 6.07) is 8.80. The second-order valence-corrected chi connectivity index (χ2v) is 3.35. The summed E-state index contributed by atoms with van der Waals surface area (Å²) in [7, 11) is 0. The van der Waals surface area contributed by atoms with Gasteiger partial charge in [-0.25, -0.2) is 4.99 Å². The number of carbonyl (C=O) groups is 2. The molecule has 0 fully saturated rings. The first-order chi connectivity index (χ1) is 7.75. The fourth-order valence-electron chi connectivity index (χ4n) is 1.35. The average molecular weight is 214 g/mol. The van der Waals surface area contributed by atoms with Gasteiger partial charge in [0.15, 0.2) is 5.78 Å². The van der Waals surface area contributed by atoms with E-state index in [4.69, 9.17) is 0 Å². The summed E-state index contributed by atoms with van der Waals surface area (Å²) in [6.45, 7) is 0. The lowest BCUT2D eigenvalue weighted by atomic mass is 10.2. The van der Waals surface area contributed by atoms with E-state index in [1.165, 1.54) is 12.3 Å². The lowest BCUT2D eigenvalue weighted by Crippen LogP contribution is -2.32. The molecule has 80 valence electrons. The third-order valence-corrected chi connectivity index (χ3v) is 2.13. The largest absolute Gasteiger partial charge is 0.310 e. The van der Waals surface area contributed by atoms with Gasteiger partial charge in [-0.2, -0.15) is 0 Å². The van der Waals surface area contributed by atoms with Gasteiger partial charge in [0.1, 0.15) is 5.84 Å². The van der Waals surface area contributed by atoms with Gasteiger partial charge in [-0.05, 0) is 18.2 Å². The van der Waals surface area contributed by atoms with Crippen LogP contribution < -0.4 is 5.32 Å². The first-order valence-electron chi connectivity index (χ1n) is 4.88. The Kier molecular flexibility index (Phi) is 2.91. The van der Waals surface area contributed by atoms with Crippen molar-refractivity contribution >= 4 is 17.5 Å². The highest BCUT2D eigenvalue weighted by molar-refractivity contribution is 6.14. The Bertz CT molecular complexity index is 475. The van der Waals surface area contributed by atoms with E-state index in [2.05, 4.69) is 10.3 Å². The third kappa shape index (κ3) is 2.42. The number of ketones is 1. The number of nitrogens with one attached hydrogen (secondary N) is 1. The Morgan fingerprint density at radius 3 is 2.69 bits per heavy atom. The monoisotopic (exact) mass is 214 g/mol. The zero-order chi connectivity index (χ0) is 11.4. The molecule has 1 aromatic carbocycles. The van der Waals surface area contributed by atoms with Crippen LogP contribution in [0.2, 0.25) is 0 Å². The molecule has 16 heavy (non-hydrogen) atoms. The minimum atomic E-state index is -0.248. The van der Waals surface area contributed by atoms with Gasteiger partial charge in [0.25, 0.3) is 5.91 Å². The van der Waals surface area contributed by atoms with Crippen LogP contribution in [0.25, 0.3) is 0 Å². The van der Waals surface area contributed by atoms with Crippen LogP contribution in [0, 0.1) is 0 Å². The normalized spacial score (nSPS) is 14.5. The van der Waals surface area contributed by atoms with Crippen molar-refractivity contribution in [3.8, 4) is 0 Å². The van der Waals surface area contributed by atoms with Gasteiger partial charge in [0, 0.05) is 11.8 Å². The van der Waals surface area contributed by atoms with Crippen LogP contribution >= 0.6 is 0 Å². The second kappa shape index (κ2) is 4.53. The Labute approximate surface area is 92.7 Å². The van der Waals surface area contributed by atoms with E-state index in [1.54, 1.807) is 24.3 Å². The van der Waals surface area contributed by atoms with Crippen molar-refractivity contribution in [1.82, 2.24) is 5.32 Å². The van der Waals surface area contributed by atoms with Gasteiger partial charge in [0.05, 0.1) is 6.42 Å². The van der Waals surface area contributed by atoms with Crippen molar-refractivity contribution in [2.45, 2.75) is 6.42 Å². The number of hydrogen-bond donors (Lipinski definition) is 1. The van der Waals surface area contributed by atoms with Gasteiger partial charge in [0.2, 0.25) is 0 Å². The first kappa shape index (κ1) is 10.3. The Hall–Kier alpha value is -2.23. The summed E-state index contributed by atoms with van der Waals surface area (Å²) < 4.78 is 0. The van der Waals surface area contributed by atoms with E-state index < -0.39 is 0 Å². The molecule has 0 saturated heterocycles. The van der Waals surface area contributed by atoms with Crippen LogP contribution in [0.1, 0.15) is 16.8 Å². The number of carbonyl (C=O) groups excluding carboxylic acids is 2. The molecular weight excluding hydrogens is 204 g/mol. The topological polar surface area (TPSA) is 58.5 Å². The number of hydrogen-bond acceptors (Lipinski definition) is 3. The molecule has 1 amide bonds. The number of rotatable bonds is 1. The SMILES string of the molecule is O=C1C=CN=C(NC(=O)c2ccccc2)C1. The predicted molar refractivity (Wildman–Crippen MR) is 60.1 cm³/mol. The lowest BCUT2D eigenvalue weighted by molar-refractivity contribution is -0.113. The summed E-state index contributed by atoms with van der Waals surface area (Å²) in [5.74, 6) is 0.0853. The molecule has 1 aliphatic heterocycles. The lowest BCUT2D eigenvalue weighted by Gasteiger charge is -2.08. The van der Waals surface area contributed by atoms with Gasteiger partial charge >= 0.3 is 0 Å². The standard InChI is InChI=1S/C12H10N2O2/c15-10-6-7-13-11(8-10)14-12(16)9-4-2-1-3-5-9/h1-7H,8H2,(H,13,14,16). The van der Waals surface area contributed by atoms with E-state index in [1.807, 2.05) is 6.07 Å². The molecule has 0 atom stereocenters. The van der Waals surface area contributed by atoms with Crippen LogP contribution in [-0.2, 0) is 4.79 Å². The molecule has 0 saturated carbocycles.